The monoisotopic (exact) mass is 268 g/mol. The predicted octanol–water partition coefficient (Wildman–Crippen LogP) is 2.37. The van der Waals surface area contributed by atoms with Gasteiger partial charge in [-0.3, -0.25) is 4.98 Å². The summed E-state index contributed by atoms with van der Waals surface area (Å²) in [6, 6.07) is 4.00. The van der Waals surface area contributed by atoms with Crippen LogP contribution >= 0.6 is 24.0 Å². The van der Waals surface area contributed by atoms with E-state index in [-0.39, 0.29) is 0 Å². The van der Waals surface area contributed by atoms with E-state index in [4.69, 9.17) is 17.0 Å². The van der Waals surface area contributed by atoms with Gasteiger partial charge in [0.05, 0.1) is 6.10 Å². The molecule has 1 aromatic rings. The minimum absolute atomic E-state index is 0.340. The molecule has 2 rings (SSSR count). The van der Waals surface area contributed by atoms with E-state index in [0.29, 0.717) is 6.10 Å². The number of aromatic nitrogens is 1. The zero-order valence-corrected chi connectivity index (χ0v) is 11.2. The molecule has 1 fully saturated rings. The number of hydrogen-bond donors (Lipinski definition) is 1. The molecule has 1 N–H and O–H groups in total. The van der Waals surface area contributed by atoms with E-state index in [1.807, 2.05) is 12.3 Å². The number of nitrogens with zero attached hydrogens (tertiary/aromatic N) is 1. The molecule has 92 valence electrons. The molecule has 0 amide bonds. The Morgan fingerprint density at radius 2 is 2.59 bits per heavy atom. The zero-order valence-electron chi connectivity index (χ0n) is 9.59. The molecule has 2 heterocycles. The molecule has 1 aliphatic heterocycles. The van der Waals surface area contributed by atoms with Gasteiger partial charge in [0.25, 0.3) is 0 Å². The van der Waals surface area contributed by atoms with Crippen molar-refractivity contribution in [1.82, 2.24) is 10.3 Å². The Morgan fingerprint density at radius 3 is 3.29 bits per heavy atom. The van der Waals surface area contributed by atoms with E-state index in [2.05, 4.69) is 16.4 Å². The minimum atomic E-state index is 0.340. The number of thioether (sulfide) groups is 1. The van der Waals surface area contributed by atoms with Crippen LogP contribution in [0, 0.1) is 0 Å². The van der Waals surface area contributed by atoms with Gasteiger partial charge in [0.1, 0.15) is 4.32 Å². The number of hydrogen-bond acceptors (Lipinski definition) is 4. The summed E-state index contributed by atoms with van der Waals surface area (Å²) in [7, 11) is 0. The third kappa shape index (κ3) is 4.61. The van der Waals surface area contributed by atoms with Gasteiger partial charge in [0.2, 0.25) is 0 Å². The Kier molecular flexibility index (Phi) is 5.22. The van der Waals surface area contributed by atoms with Crippen LogP contribution < -0.4 is 5.32 Å². The van der Waals surface area contributed by atoms with Crippen molar-refractivity contribution in [2.75, 3.05) is 13.2 Å². The van der Waals surface area contributed by atoms with E-state index >= 15 is 0 Å². The van der Waals surface area contributed by atoms with Crippen molar-refractivity contribution in [2.45, 2.75) is 24.7 Å². The normalized spacial score (nSPS) is 19.2. The van der Waals surface area contributed by atoms with Gasteiger partial charge in [-0.15, -0.1) is 0 Å². The zero-order chi connectivity index (χ0) is 11.9. The van der Waals surface area contributed by atoms with Crippen LogP contribution in [0.15, 0.2) is 24.5 Å². The van der Waals surface area contributed by atoms with Gasteiger partial charge < -0.3 is 10.1 Å². The highest BCUT2D eigenvalue weighted by atomic mass is 32.2. The molecule has 0 spiro atoms. The van der Waals surface area contributed by atoms with E-state index in [0.717, 1.165) is 29.6 Å². The van der Waals surface area contributed by atoms with Crippen molar-refractivity contribution in [3.63, 3.8) is 0 Å². The summed E-state index contributed by atoms with van der Waals surface area (Å²) in [5, 5.41) is 3.24. The Hall–Kier alpha value is -0.650. The van der Waals surface area contributed by atoms with Gasteiger partial charge in [0, 0.05) is 31.3 Å². The second-order valence-electron chi connectivity index (χ2n) is 3.95. The van der Waals surface area contributed by atoms with Crippen molar-refractivity contribution in [3.05, 3.63) is 30.1 Å². The summed E-state index contributed by atoms with van der Waals surface area (Å²) in [5.41, 5.74) is 1.19. The second-order valence-corrected chi connectivity index (χ2v) is 5.61. The fourth-order valence-electron chi connectivity index (χ4n) is 1.69. The number of thiocarbonyl (C=S) groups is 1. The maximum atomic E-state index is 5.52. The summed E-state index contributed by atoms with van der Waals surface area (Å²) in [4.78, 5) is 4.07. The van der Waals surface area contributed by atoms with Crippen LogP contribution in [0.4, 0.5) is 0 Å². The Morgan fingerprint density at radius 1 is 1.65 bits per heavy atom. The smallest absolute Gasteiger partial charge is 0.134 e. The van der Waals surface area contributed by atoms with Gasteiger partial charge >= 0.3 is 0 Å². The van der Waals surface area contributed by atoms with Crippen LogP contribution in [-0.4, -0.2) is 28.6 Å². The van der Waals surface area contributed by atoms with Crippen molar-refractivity contribution in [3.8, 4) is 0 Å². The Labute approximate surface area is 111 Å². The molecule has 17 heavy (non-hydrogen) atoms. The fourth-order valence-corrected chi connectivity index (χ4v) is 2.60. The SMILES string of the molecule is S=C(NCC1CCCO1)SCc1cccnc1. The van der Waals surface area contributed by atoms with E-state index in [1.165, 1.54) is 12.0 Å². The molecule has 0 bridgehead atoms. The maximum Gasteiger partial charge on any atom is 0.134 e. The molecule has 0 aliphatic carbocycles. The van der Waals surface area contributed by atoms with Crippen molar-refractivity contribution >= 4 is 28.3 Å². The van der Waals surface area contributed by atoms with Crippen molar-refractivity contribution < 1.29 is 4.74 Å². The maximum absolute atomic E-state index is 5.52. The summed E-state index contributed by atoms with van der Waals surface area (Å²) < 4.78 is 6.36. The molecule has 1 unspecified atom stereocenters. The lowest BCUT2D eigenvalue weighted by atomic mass is 10.2. The number of pyridine rings is 1. The highest BCUT2D eigenvalue weighted by Gasteiger charge is 2.15. The second kappa shape index (κ2) is 6.93. The number of nitrogens with one attached hydrogen (secondary N) is 1. The van der Waals surface area contributed by atoms with Crippen LogP contribution in [0.1, 0.15) is 18.4 Å². The first kappa shape index (κ1) is 12.8. The molecule has 1 aromatic heterocycles. The number of rotatable bonds is 4. The average molecular weight is 268 g/mol. The quantitative estimate of drug-likeness (QED) is 0.848. The molecular formula is C12H16N2OS2. The third-order valence-corrected chi connectivity index (χ3v) is 3.97. The molecule has 1 atom stereocenters. The summed E-state index contributed by atoms with van der Waals surface area (Å²) in [6.07, 6.45) is 6.30. The molecule has 1 saturated heterocycles. The molecule has 5 heteroatoms. The van der Waals surface area contributed by atoms with Crippen molar-refractivity contribution in [1.29, 1.82) is 0 Å². The molecule has 0 aromatic carbocycles. The van der Waals surface area contributed by atoms with Crippen LogP contribution in [0.3, 0.4) is 0 Å². The largest absolute Gasteiger partial charge is 0.376 e. The van der Waals surface area contributed by atoms with Gasteiger partial charge in [0.15, 0.2) is 0 Å². The van der Waals surface area contributed by atoms with Crippen LogP contribution in [-0.2, 0) is 10.5 Å². The number of ether oxygens (including phenoxy) is 1. The van der Waals surface area contributed by atoms with Gasteiger partial charge in [-0.25, -0.2) is 0 Å². The first-order valence-corrected chi connectivity index (χ1v) is 7.15. The lowest BCUT2D eigenvalue weighted by Gasteiger charge is -2.12. The van der Waals surface area contributed by atoms with Gasteiger partial charge in [-0.05, 0) is 24.5 Å². The topological polar surface area (TPSA) is 34.1 Å². The fraction of sp³-hybridized carbons (Fsp3) is 0.500. The average Bonchev–Trinajstić information content (AvgIpc) is 2.88. The first-order chi connectivity index (χ1) is 8.34. The van der Waals surface area contributed by atoms with Crippen LogP contribution in [0.5, 0.6) is 0 Å². The molecule has 0 radical (unpaired) electrons. The van der Waals surface area contributed by atoms with E-state index in [1.54, 1.807) is 18.0 Å². The third-order valence-electron chi connectivity index (χ3n) is 2.59. The van der Waals surface area contributed by atoms with Crippen LogP contribution in [0.2, 0.25) is 0 Å². The molecule has 0 saturated carbocycles. The summed E-state index contributed by atoms with van der Waals surface area (Å²) in [6.45, 7) is 1.72. The lowest BCUT2D eigenvalue weighted by Crippen LogP contribution is -2.28. The Balaban J connectivity index is 1.64. The van der Waals surface area contributed by atoms with Gasteiger partial charge in [-0.2, -0.15) is 0 Å². The van der Waals surface area contributed by atoms with Crippen LogP contribution in [0.25, 0.3) is 0 Å². The minimum Gasteiger partial charge on any atom is -0.376 e. The molecule has 1 aliphatic rings. The first-order valence-electron chi connectivity index (χ1n) is 5.76. The highest BCUT2D eigenvalue weighted by molar-refractivity contribution is 8.22. The van der Waals surface area contributed by atoms with E-state index < -0.39 is 0 Å². The predicted molar refractivity (Wildman–Crippen MR) is 75.1 cm³/mol. The highest BCUT2D eigenvalue weighted by Crippen LogP contribution is 2.14. The van der Waals surface area contributed by atoms with Crippen molar-refractivity contribution in [2.24, 2.45) is 0 Å². The standard InChI is InChI=1S/C12H16N2OS2/c16-12(14-8-11-4-2-6-15-11)17-9-10-3-1-5-13-7-10/h1,3,5,7,11H,2,4,6,8-9H2,(H,14,16). The summed E-state index contributed by atoms with van der Waals surface area (Å²) >= 11 is 6.90. The molecule has 3 nitrogen and oxygen atoms in total. The van der Waals surface area contributed by atoms with Gasteiger partial charge in [-0.1, -0.05) is 30.0 Å². The Bertz CT molecular complexity index is 353. The van der Waals surface area contributed by atoms with E-state index in [9.17, 15) is 0 Å². The molecular weight excluding hydrogens is 252 g/mol. The lowest BCUT2D eigenvalue weighted by molar-refractivity contribution is 0.114. The summed E-state index contributed by atoms with van der Waals surface area (Å²) in [5.74, 6) is 0.866.